The van der Waals surface area contributed by atoms with Crippen LogP contribution in [0.15, 0.2) is 96.8 Å². The number of amides is 2. The van der Waals surface area contributed by atoms with Gasteiger partial charge in [0.25, 0.3) is 11.8 Å². The number of nitrogens with zero attached hydrogens (tertiary/aromatic N) is 1. The minimum absolute atomic E-state index is 0.0908. The maximum absolute atomic E-state index is 14.2. The Morgan fingerprint density at radius 2 is 1.58 bits per heavy atom. The van der Waals surface area contributed by atoms with Crippen LogP contribution in [0.1, 0.15) is 15.9 Å². The zero-order chi connectivity index (χ0) is 21.6. The van der Waals surface area contributed by atoms with Gasteiger partial charge in [0.1, 0.15) is 11.5 Å². The van der Waals surface area contributed by atoms with Gasteiger partial charge >= 0.3 is 0 Å². The maximum atomic E-state index is 14.2. The van der Waals surface area contributed by atoms with E-state index in [0.717, 1.165) is 5.39 Å². The summed E-state index contributed by atoms with van der Waals surface area (Å²) in [4.78, 5) is 30.1. The largest absolute Gasteiger partial charge is 0.319 e. The van der Waals surface area contributed by atoms with Gasteiger partial charge in [-0.3, -0.25) is 14.6 Å². The minimum atomic E-state index is -0.592. The summed E-state index contributed by atoms with van der Waals surface area (Å²) in [7, 11) is 0. The fourth-order valence-electron chi connectivity index (χ4n) is 3.08. The lowest BCUT2D eigenvalue weighted by molar-refractivity contribution is -0.113. The molecule has 5 nitrogen and oxygen atoms in total. The minimum Gasteiger partial charge on any atom is -0.319 e. The third kappa shape index (κ3) is 4.64. The summed E-state index contributed by atoms with van der Waals surface area (Å²) in [5.74, 6) is -1.58. The highest BCUT2D eigenvalue weighted by molar-refractivity contribution is 6.12. The van der Waals surface area contributed by atoms with Gasteiger partial charge in [-0.25, -0.2) is 4.39 Å². The predicted molar refractivity (Wildman–Crippen MR) is 119 cm³/mol. The molecule has 2 N–H and O–H groups in total. The van der Waals surface area contributed by atoms with Crippen molar-refractivity contribution >= 4 is 34.5 Å². The summed E-state index contributed by atoms with van der Waals surface area (Å²) in [5.41, 5.74) is 1.56. The molecular formula is C25H18FN3O2. The molecule has 4 rings (SSSR count). The quantitative estimate of drug-likeness (QED) is 0.464. The first-order valence-corrected chi connectivity index (χ1v) is 9.59. The second-order valence-corrected chi connectivity index (χ2v) is 6.73. The molecule has 0 spiro atoms. The third-order valence-corrected chi connectivity index (χ3v) is 4.61. The van der Waals surface area contributed by atoms with Crippen LogP contribution in [0.5, 0.6) is 0 Å². The van der Waals surface area contributed by atoms with E-state index in [1.54, 1.807) is 66.9 Å². The standard InChI is InChI=1S/C25H18FN3O2/c26-20-13-5-4-10-19(20)16-22(29-24(30)18-8-2-1-3-9-18)25(31)28-21-14-6-11-17-12-7-15-27-23(17)21/h1-16H,(H,28,31)(H,29,30). The van der Waals surface area contributed by atoms with Gasteiger partial charge in [0.15, 0.2) is 0 Å². The lowest BCUT2D eigenvalue weighted by Crippen LogP contribution is -2.30. The Hall–Kier alpha value is -4.32. The second kappa shape index (κ2) is 9.00. The molecule has 152 valence electrons. The average molecular weight is 411 g/mol. The summed E-state index contributed by atoms with van der Waals surface area (Å²) in [6.07, 6.45) is 2.94. The lowest BCUT2D eigenvalue weighted by atomic mass is 10.1. The van der Waals surface area contributed by atoms with Crippen molar-refractivity contribution in [2.45, 2.75) is 0 Å². The number of nitrogens with one attached hydrogen (secondary N) is 2. The number of hydrogen-bond donors (Lipinski definition) is 2. The molecule has 2 amide bonds. The summed E-state index contributed by atoms with van der Waals surface area (Å²) < 4.78 is 14.2. The van der Waals surface area contributed by atoms with Crippen molar-refractivity contribution in [2.75, 3.05) is 5.32 Å². The van der Waals surface area contributed by atoms with Crippen molar-refractivity contribution in [1.82, 2.24) is 10.3 Å². The van der Waals surface area contributed by atoms with E-state index >= 15 is 0 Å². The molecule has 0 aliphatic rings. The van der Waals surface area contributed by atoms with Crippen molar-refractivity contribution < 1.29 is 14.0 Å². The highest BCUT2D eigenvalue weighted by Crippen LogP contribution is 2.21. The molecule has 0 saturated heterocycles. The van der Waals surface area contributed by atoms with Gasteiger partial charge in [-0.1, -0.05) is 54.6 Å². The number of hydrogen-bond acceptors (Lipinski definition) is 3. The van der Waals surface area contributed by atoms with Crippen LogP contribution in [0.2, 0.25) is 0 Å². The van der Waals surface area contributed by atoms with E-state index in [-0.39, 0.29) is 11.3 Å². The summed E-state index contributed by atoms with van der Waals surface area (Å²) in [5, 5.41) is 6.23. The number of anilines is 1. The van der Waals surface area contributed by atoms with E-state index in [0.29, 0.717) is 16.8 Å². The van der Waals surface area contributed by atoms with Gasteiger partial charge in [0, 0.05) is 22.7 Å². The van der Waals surface area contributed by atoms with Gasteiger partial charge in [0.05, 0.1) is 11.2 Å². The lowest BCUT2D eigenvalue weighted by Gasteiger charge is -2.12. The van der Waals surface area contributed by atoms with Crippen LogP contribution in [-0.4, -0.2) is 16.8 Å². The summed E-state index contributed by atoms with van der Waals surface area (Å²) >= 11 is 0. The Kier molecular flexibility index (Phi) is 5.80. The Bertz CT molecular complexity index is 1280. The fraction of sp³-hybridized carbons (Fsp3) is 0. The summed E-state index contributed by atoms with van der Waals surface area (Å²) in [6, 6.07) is 23.6. The molecule has 31 heavy (non-hydrogen) atoms. The number of carbonyl (C=O) groups is 2. The first kappa shape index (κ1) is 20.0. The number of benzene rings is 3. The van der Waals surface area contributed by atoms with E-state index in [1.807, 2.05) is 12.1 Å². The molecule has 0 unspecified atom stereocenters. The van der Waals surface area contributed by atoms with Crippen molar-refractivity contribution in [3.05, 3.63) is 114 Å². The second-order valence-electron chi connectivity index (χ2n) is 6.73. The van der Waals surface area contributed by atoms with Gasteiger partial charge in [-0.15, -0.1) is 0 Å². The maximum Gasteiger partial charge on any atom is 0.272 e. The fourth-order valence-corrected chi connectivity index (χ4v) is 3.08. The van der Waals surface area contributed by atoms with Gasteiger partial charge < -0.3 is 10.6 Å². The first-order valence-electron chi connectivity index (χ1n) is 9.59. The van der Waals surface area contributed by atoms with E-state index in [9.17, 15) is 14.0 Å². The van der Waals surface area contributed by atoms with Crippen LogP contribution in [0, 0.1) is 5.82 Å². The molecule has 0 saturated carbocycles. The Morgan fingerprint density at radius 3 is 2.39 bits per heavy atom. The number of carbonyl (C=O) groups excluding carboxylic acids is 2. The molecule has 0 aliphatic heterocycles. The van der Waals surface area contributed by atoms with E-state index < -0.39 is 17.6 Å². The summed E-state index contributed by atoms with van der Waals surface area (Å²) in [6.45, 7) is 0. The Balaban J connectivity index is 1.68. The molecule has 0 radical (unpaired) electrons. The van der Waals surface area contributed by atoms with Crippen molar-refractivity contribution in [1.29, 1.82) is 0 Å². The van der Waals surface area contributed by atoms with Crippen LogP contribution in [0.25, 0.3) is 17.0 Å². The van der Waals surface area contributed by atoms with Crippen LogP contribution in [0.4, 0.5) is 10.1 Å². The molecule has 0 aliphatic carbocycles. The zero-order valence-electron chi connectivity index (χ0n) is 16.4. The number of rotatable bonds is 5. The van der Waals surface area contributed by atoms with Gasteiger partial charge in [-0.05, 0) is 36.4 Å². The van der Waals surface area contributed by atoms with Crippen LogP contribution in [0.3, 0.4) is 0 Å². The molecule has 4 aromatic rings. The van der Waals surface area contributed by atoms with E-state index in [4.69, 9.17) is 0 Å². The monoisotopic (exact) mass is 411 g/mol. The van der Waals surface area contributed by atoms with Gasteiger partial charge in [0.2, 0.25) is 0 Å². The molecule has 0 fully saturated rings. The Labute approximate surface area is 178 Å². The van der Waals surface area contributed by atoms with Crippen molar-refractivity contribution in [3.8, 4) is 0 Å². The first-order chi connectivity index (χ1) is 15.1. The molecule has 3 aromatic carbocycles. The molecule has 1 aromatic heterocycles. The highest BCUT2D eigenvalue weighted by atomic mass is 19.1. The van der Waals surface area contributed by atoms with Gasteiger partial charge in [-0.2, -0.15) is 0 Å². The Morgan fingerprint density at radius 1 is 0.839 bits per heavy atom. The normalized spacial score (nSPS) is 11.2. The van der Waals surface area contributed by atoms with Crippen LogP contribution >= 0.6 is 0 Å². The van der Waals surface area contributed by atoms with E-state index in [1.165, 1.54) is 18.2 Å². The highest BCUT2D eigenvalue weighted by Gasteiger charge is 2.17. The number of para-hydroxylation sites is 1. The van der Waals surface area contributed by atoms with Crippen molar-refractivity contribution in [2.24, 2.45) is 0 Å². The smallest absolute Gasteiger partial charge is 0.272 e. The van der Waals surface area contributed by atoms with Crippen LogP contribution in [-0.2, 0) is 4.79 Å². The van der Waals surface area contributed by atoms with Crippen LogP contribution < -0.4 is 10.6 Å². The number of fused-ring (bicyclic) bond motifs is 1. The molecule has 0 bridgehead atoms. The van der Waals surface area contributed by atoms with E-state index in [2.05, 4.69) is 15.6 Å². The molecule has 0 atom stereocenters. The molecule has 6 heteroatoms. The SMILES string of the molecule is O=C(Nc1cccc2cccnc12)C(=Cc1ccccc1F)NC(=O)c1ccccc1. The zero-order valence-corrected chi connectivity index (χ0v) is 16.4. The number of aromatic nitrogens is 1. The average Bonchev–Trinajstić information content (AvgIpc) is 2.80. The predicted octanol–water partition coefficient (Wildman–Crippen LogP) is 4.78. The van der Waals surface area contributed by atoms with Crippen molar-refractivity contribution in [3.63, 3.8) is 0 Å². The third-order valence-electron chi connectivity index (χ3n) is 4.61. The number of halogens is 1. The topological polar surface area (TPSA) is 71.1 Å². The molecule has 1 heterocycles. The molecular weight excluding hydrogens is 393 g/mol. The number of pyridine rings is 1.